The van der Waals surface area contributed by atoms with E-state index in [9.17, 15) is 0 Å². The van der Waals surface area contributed by atoms with Crippen molar-refractivity contribution >= 4 is 50.9 Å². The van der Waals surface area contributed by atoms with Crippen molar-refractivity contribution in [3.63, 3.8) is 0 Å². The summed E-state index contributed by atoms with van der Waals surface area (Å²) < 4.78 is 1.96. The fourth-order valence-corrected chi connectivity index (χ4v) is 4.30. The van der Waals surface area contributed by atoms with Gasteiger partial charge in [0.1, 0.15) is 12.1 Å². The molecule has 9 heteroatoms. The van der Waals surface area contributed by atoms with Gasteiger partial charge in [0.05, 0.1) is 5.69 Å². The number of thiophene rings is 1. The highest BCUT2D eigenvalue weighted by molar-refractivity contribution is 7.08. The number of hydrogen-bond acceptors (Lipinski definition) is 8. The fraction of sp³-hybridized carbons (Fsp3) is 0.0417. The van der Waals surface area contributed by atoms with Crippen LogP contribution < -0.4 is 10.6 Å². The maximum Gasteiger partial charge on any atom is 0.232 e. The number of pyridine rings is 2. The van der Waals surface area contributed by atoms with Gasteiger partial charge in [-0.3, -0.25) is 9.55 Å². The molecule has 0 saturated heterocycles. The first-order valence-electron chi connectivity index (χ1n) is 10.4. The van der Waals surface area contributed by atoms with Crippen molar-refractivity contribution in [3.05, 3.63) is 89.8 Å². The van der Waals surface area contributed by atoms with E-state index in [-0.39, 0.29) is 0 Å². The maximum atomic E-state index is 4.80. The Kier molecular flexibility index (Phi) is 4.85. The second-order valence-electron chi connectivity index (χ2n) is 7.38. The summed E-state index contributed by atoms with van der Waals surface area (Å²) in [4.78, 5) is 22.9. The smallest absolute Gasteiger partial charge is 0.232 e. The van der Waals surface area contributed by atoms with E-state index in [1.54, 1.807) is 30.1 Å². The van der Waals surface area contributed by atoms with Crippen LogP contribution in [0.2, 0.25) is 0 Å². The van der Waals surface area contributed by atoms with E-state index < -0.39 is 0 Å². The average Bonchev–Trinajstić information content (AvgIpc) is 3.53. The minimum atomic E-state index is 0.442. The van der Waals surface area contributed by atoms with Crippen LogP contribution in [0.1, 0.15) is 5.56 Å². The number of aromatic nitrogens is 6. The summed E-state index contributed by atoms with van der Waals surface area (Å²) in [7, 11) is 0. The maximum absolute atomic E-state index is 4.80. The Balaban J connectivity index is 1.44. The van der Waals surface area contributed by atoms with Gasteiger partial charge in [0.25, 0.3) is 0 Å². The number of rotatable bonds is 6. The van der Waals surface area contributed by atoms with Crippen LogP contribution in [0.5, 0.6) is 0 Å². The SMILES string of the molecule is c1cncc(CNc2nc(Nc3nccc4ccccc34)nc3c2ncn3-c2ccsc2)c1. The molecule has 1 aromatic carbocycles. The quantitative estimate of drug-likeness (QED) is 0.361. The molecular weight excluding hydrogens is 432 g/mol. The summed E-state index contributed by atoms with van der Waals surface area (Å²) >= 11 is 1.63. The van der Waals surface area contributed by atoms with E-state index in [2.05, 4.69) is 37.0 Å². The Labute approximate surface area is 193 Å². The molecule has 0 saturated carbocycles. The number of hydrogen-bond donors (Lipinski definition) is 2. The van der Waals surface area contributed by atoms with E-state index in [1.807, 2.05) is 58.6 Å². The summed E-state index contributed by atoms with van der Waals surface area (Å²) in [6, 6.07) is 16.0. The molecule has 0 unspecified atom stereocenters. The second-order valence-corrected chi connectivity index (χ2v) is 8.16. The van der Waals surface area contributed by atoms with Gasteiger partial charge in [-0.15, -0.1) is 0 Å². The molecule has 5 aromatic heterocycles. The van der Waals surface area contributed by atoms with Crippen LogP contribution in [0.4, 0.5) is 17.6 Å². The van der Waals surface area contributed by atoms with Gasteiger partial charge in [-0.2, -0.15) is 21.3 Å². The highest BCUT2D eigenvalue weighted by Crippen LogP contribution is 2.28. The molecule has 0 aliphatic heterocycles. The van der Waals surface area contributed by atoms with Crippen molar-refractivity contribution in [2.75, 3.05) is 10.6 Å². The van der Waals surface area contributed by atoms with E-state index >= 15 is 0 Å². The number of anilines is 3. The van der Waals surface area contributed by atoms with E-state index in [0.29, 0.717) is 35.3 Å². The number of fused-ring (bicyclic) bond motifs is 2. The molecule has 160 valence electrons. The zero-order valence-electron chi connectivity index (χ0n) is 17.4. The average molecular weight is 451 g/mol. The van der Waals surface area contributed by atoms with Gasteiger partial charge >= 0.3 is 0 Å². The molecule has 0 bridgehead atoms. The predicted octanol–water partition coefficient (Wildman–Crippen LogP) is 5.18. The monoisotopic (exact) mass is 450 g/mol. The first-order chi connectivity index (χ1) is 16.3. The molecule has 0 aliphatic rings. The van der Waals surface area contributed by atoms with Gasteiger partial charge in [-0.1, -0.05) is 30.3 Å². The Hall–Kier alpha value is -4.37. The molecular formula is C24H18N8S. The van der Waals surface area contributed by atoms with Crippen LogP contribution in [0.15, 0.2) is 84.2 Å². The Morgan fingerprint density at radius 3 is 2.76 bits per heavy atom. The van der Waals surface area contributed by atoms with Gasteiger partial charge in [0.15, 0.2) is 17.0 Å². The van der Waals surface area contributed by atoms with E-state index in [1.165, 1.54) is 0 Å². The first kappa shape index (κ1) is 19.3. The molecule has 2 N–H and O–H groups in total. The van der Waals surface area contributed by atoms with Crippen molar-refractivity contribution in [2.24, 2.45) is 0 Å². The third-order valence-corrected chi connectivity index (χ3v) is 5.94. The second kappa shape index (κ2) is 8.29. The summed E-state index contributed by atoms with van der Waals surface area (Å²) in [6.45, 7) is 0.567. The lowest BCUT2D eigenvalue weighted by Crippen LogP contribution is -2.07. The standard InChI is InChI=1S/C24H18N8S/c1-2-6-19-17(5-1)7-10-26-21(19)29-24-30-22(27-13-16-4-3-9-25-12-16)20-23(31-24)32(15-28-20)18-8-11-33-14-18/h1-12,14-15H,13H2,(H2,26,27,29,30,31). The third kappa shape index (κ3) is 3.74. The van der Waals surface area contributed by atoms with Crippen LogP contribution in [0, 0.1) is 0 Å². The van der Waals surface area contributed by atoms with E-state index in [4.69, 9.17) is 9.97 Å². The number of imidazole rings is 1. The Morgan fingerprint density at radius 1 is 0.909 bits per heavy atom. The van der Waals surface area contributed by atoms with Crippen LogP contribution in [0.3, 0.4) is 0 Å². The summed E-state index contributed by atoms with van der Waals surface area (Å²) in [5, 5.41) is 12.9. The molecule has 5 heterocycles. The number of nitrogens with zero attached hydrogens (tertiary/aromatic N) is 6. The molecule has 0 fully saturated rings. The highest BCUT2D eigenvalue weighted by atomic mass is 32.1. The zero-order chi connectivity index (χ0) is 22.0. The van der Waals surface area contributed by atoms with E-state index in [0.717, 1.165) is 22.0 Å². The first-order valence-corrected chi connectivity index (χ1v) is 11.3. The third-order valence-electron chi connectivity index (χ3n) is 5.27. The molecule has 0 atom stereocenters. The van der Waals surface area contributed by atoms with Crippen molar-refractivity contribution < 1.29 is 0 Å². The largest absolute Gasteiger partial charge is 0.364 e. The highest BCUT2D eigenvalue weighted by Gasteiger charge is 2.16. The van der Waals surface area contributed by atoms with Crippen molar-refractivity contribution in [1.82, 2.24) is 29.5 Å². The molecule has 33 heavy (non-hydrogen) atoms. The zero-order valence-corrected chi connectivity index (χ0v) is 18.2. The Morgan fingerprint density at radius 2 is 1.88 bits per heavy atom. The molecule has 6 rings (SSSR count). The number of benzene rings is 1. The van der Waals surface area contributed by atoms with Gasteiger partial charge in [0.2, 0.25) is 5.95 Å². The van der Waals surface area contributed by atoms with Crippen LogP contribution in [0.25, 0.3) is 27.6 Å². The minimum absolute atomic E-state index is 0.442. The molecule has 0 amide bonds. The van der Waals surface area contributed by atoms with Gasteiger partial charge < -0.3 is 10.6 Å². The molecule has 0 spiro atoms. The summed E-state index contributed by atoms with van der Waals surface area (Å²) in [6.07, 6.45) is 7.14. The van der Waals surface area contributed by atoms with Crippen molar-refractivity contribution in [2.45, 2.75) is 6.54 Å². The van der Waals surface area contributed by atoms with Gasteiger partial charge in [-0.05, 0) is 34.5 Å². The lowest BCUT2D eigenvalue weighted by atomic mass is 10.1. The predicted molar refractivity (Wildman–Crippen MR) is 131 cm³/mol. The van der Waals surface area contributed by atoms with Crippen LogP contribution in [-0.4, -0.2) is 29.5 Å². The topological polar surface area (TPSA) is 93.4 Å². The molecule has 0 radical (unpaired) electrons. The molecule has 0 aliphatic carbocycles. The van der Waals surface area contributed by atoms with Crippen molar-refractivity contribution in [3.8, 4) is 5.69 Å². The lowest BCUT2D eigenvalue weighted by molar-refractivity contribution is 1.06. The minimum Gasteiger partial charge on any atom is -0.364 e. The van der Waals surface area contributed by atoms with Crippen LogP contribution in [-0.2, 0) is 6.54 Å². The fourth-order valence-electron chi connectivity index (χ4n) is 3.68. The lowest BCUT2D eigenvalue weighted by Gasteiger charge is -2.11. The summed E-state index contributed by atoms with van der Waals surface area (Å²) in [5.74, 6) is 1.78. The van der Waals surface area contributed by atoms with Gasteiger partial charge in [0, 0.05) is 35.9 Å². The number of nitrogens with one attached hydrogen (secondary N) is 2. The molecule has 8 nitrogen and oxygen atoms in total. The van der Waals surface area contributed by atoms with Crippen molar-refractivity contribution in [1.29, 1.82) is 0 Å². The summed E-state index contributed by atoms with van der Waals surface area (Å²) in [5.41, 5.74) is 3.46. The van der Waals surface area contributed by atoms with Gasteiger partial charge in [-0.25, -0.2) is 9.97 Å². The normalized spacial score (nSPS) is 11.2. The van der Waals surface area contributed by atoms with Crippen LogP contribution >= 0.6 is 11.3 Å². The molecule has 6 aromatic rings. The Bertz CT molecular complexity index is 1540.